The average molecular weight is 384 g/mol. The minimum absolute atomic E-state index is 0.123. The van der Waals surface area contributed by atoms with E-state index in [1.54, 1.807) is 48.7 Å². The first-order valence-electron chi connectivity index (χ1n) is 9.07. The van der Waals surface area contributed by atoms with Crippen molar-refractivity contribution in [1.82, 2.24) is 24.9 Å². The Balaban J connectivity index is 1.48. The van der Waals surface area contributed by atoms with Gasteiger partial charge in [0, 0.05) is 45.7 Å². The molecule has 0 N–H and O–H groups in total. The van der Waals surface area contributed by atoms with E-state index >= 15 is 0 Å². The lowest BCUT2D eigenvalue weighted by atomic mass is 10.1. The van der Waals surface area contributed by atoms with E-state index in [1.807, 2.05) is 4.90 Å². The maximum atomic E-state index is 13.5. The van der Waals surface area contributed by atoms with Crippen molar-refractivity contribution >= 4 is 11.9 Å². The monoisotopic (exact) mass is 384 g/mol. The number of amides is 1. The highest BCUT2D eigenvalue weighted by Crippen LogP contribution is 2.23. The van der Waals surface area contributed by atoms with Crippen LogP contribution in [0.15, 0.2) is 28.7 Å². The van der Waals surface area contributed by atoms with E-state index in [2.05, 4.69) is 15.3 Å². The van der Waals surface area contributed by atoms with Crippen LogP contribution in [0, 0.1) is 19.7 Å². The van der Waals surface area contributed by atoms with E-state index in [4.69, 9.17) is 4.42 Å². The quantitative estimate of drug-likeness (QED) is 0.689. The van der Waals surface area contributed by atoms with Crippen molar-refractivity contribution < 1.29 is 13.6 Å². The molecule has 0 saturated carbocycles. The van der Waals surface area contributed by atoms with Crippen LogP contribution in [0.5, 0.6) is 0 Å². The number of anilines is 1. The number of aromatic nitrogens is 4. The van der Waals surface area contributed by atoms with Crippen LogP contribution in [-0.4, -0.2) is 57.0 Å². The first-order chi connectivity index (χ1) is 13.4. The largest absolute Gasteiger partial charge is 0.408 e. The van der Waals surface area contributed by atoms with Crippen LogP contribution in [-0.2, 0) is 7.05 Å². The van der Waals surface area contributed by atoms with Crippen molar-refractivity contribution in [2.24, 2.45) is 7.05 Å². The van der Waals surface area contributed by atoms with Gasteiger partial charge in [-0.2, -0.15) is 5.10 Å². The fourth-order valence-corrected chi connectivity index (χ4v) is 3.32. The molecule has 2 aromatic heterocycles. The zero-order valence-corrected chi connectivity index (χ0v) is 16.0. The molecule has 3 heterocycles. The second-order valence-corrected chi connectivity index (χ2v) is 6.89. The molecule has 1 aromatic carbocycles. The number of hydrogen-bond acceptors (Lipinski definition) is 6. The molecule has 0 atom stereocenters. The van der Waals surface area contributed by atoms with Crippen molar-refractivity contribution in [3.63, 3.8) is 0 Å². The van der Waals surface area contributed by atoms with Gasteiger partial charge in [0.05, 0.1) is 5.69 Å². The Labute approximate surface area is 161 Å². The summed E-state index contributed by atoms with van der Waals surface area (Å²) in [5.74, 6) is 0.143. The van der Waals surface area contributed by atoms with Crippen molar-refractivity contribution in [1.29, 1.82) is 0 Å². The third kappa shape index (κ3) is 3.35. The molecule has 4 rings (SSSR count). The summed E-state index contributed by atoms with van der Waals surface area (Å²) < 4.78 is 20.6. The Morgan fingerprint density at radius 2 is 1.86 bits per heavy atom. The first-order valence-corrected chi connectivity index (χ1v) is 9.07. The van der Waals surface area contributed by atoms with E-state index < -0.39 is 0 Å². The average Bonchev–Trinajstić information content (AvgIpc) is 3.29. The molecule has 8 nitrogen and oxygen atoms in total. The van der Waals surface area contributed by atoms with E-state index in [9.17, 15) is 9.18 Å². The van der Waals surface area contributed by atoms with Crippen LogP contribution < -0.4 is 4.90 Å². The molecule has 28 heavy (non-hydrogen) atoms. The van der Waals surface area contributed by atoms with E-state index in [0.717, 1.165) is 11.3 Å². The molecule has 1 aliphatic rings. The molecule has 0 unspecified atom stereocenters. The molecular formula is C19H21FN6O2. The third-order valence-corrected chi connectivity index (χ3v) is 4.91. The Hall–Kier alpha value is -3.23. The first kappa shape index (κ1) is 18.1. The van der Waals surface area contributed by atoms with Gasteiger partial charge in [-0.25, -0.2) is 4.39 Å². The summed E-state index contributed by atoms with van der Waals surface area (Å²) in [5, 5.41) is 12.2. The van der Waals surface area contributed by atoms with E-state index in [-0.39, 0.29) is 11.7 Å². The van der Waals surface area contributed by atoms with Gasteiger partial charge in [-0.15, -0.1) is 5.10 Å². The van der Waals surface area contributed by atoms with Gasteiger partial charge < -0.3 is 14.2 Å². The van der Waals surface area contributed by atoms with Gasteiger partial charge in [-0.1, -0.05) is 5.10 Å². The number of carbonyl (C=O) groups excluding carboxylic acids is 1. The number of nitrogens with zero attached hydrogens (tertiary/aromatic N) is 6. The number of halogens is 1. The molecule has 1 fully saturated rings. The Morgan fingerprint density at radius 3 is 2.50 bits per heavy atom. The summed E-state index contributed by atoms with van der Waals surface area (Å²) >= 11 is 0. The summed E-state index contributed by atoms with van der Waals surface area (Å²) in [4.78, 5) is 16.6. The minimum atomic E-state index is -0.253. The zero-order chi connectivity index (χ0) is 19.8. The zero-order valence-electron chi connectivity index (χ0n) is 16.0. The molecule has 0 aliphatic carbocycles. The van der Waals surface area contributed by atoms with E-state index in [0.29, 0.717) is 49.3 Å². The molecule has 9 heteroatoms. The van der Waals surface area contributed by atoms with Crippen molar-refractivity contribution in [2.75, 3.05) is 31.1 Å². The van der Waals surface area contributed by atoms with Gasteiger partial charge >= 0.3 is 6.01 Å². The summed E-state index contributed by atoms with van der Waals surface area (Å²) in [6.07, 6.45) is 0. The second-order valence-electron chi connectivity index (χ2n) is 6.89. The highest BCUT2D eigenvalue weighted by Gasteiger charge is 2.26. The fraction of sp³-hybridized carbons (Fsp3) is 0.368. The Bertz CT molecular complexity index is 1020. The molecule has 1 saturated heterocycles. The van der Waals surface area contributed by atoms with Gasteiger partial charge in [0.1, 0.15) is 5.82 Å². The number of hydrogen-bond donors (Lipinski definition) is 0. The van der Waals surface area contributed by atoms with Gasteiger partial charge in [0.25, 0.3) is 5.91 Å². The van der Waals surface area contributed by atoms with Crippen LogP contribution in [0.25, 0.3) is 11.3 Å². The van der Waals surface area contributed by atoms with Crippen molar-refractivity contribution in [3.05, 3.63) is 47.2 Å². The number of piperazine rings is 1. The lowest BCUT2D eigenvalue weighted by Gasteiger charge is -2.33. The van der Waals surface area contributed by atoms with Crippen molar-refractivity contribution in [2.45, 2.75) is 13.8 Å². The summed E-state index contributed by atoms with van der Waals surface area (Å²) in [6, 6.07) is 7.11. The molecule has 1 amide bonds. The smallest absolute Gasteiger partial charge is 0.318 e. The van der Waals surface area contributed by atoms with Gasteiger partial charge in [0.2, 0.25) is 5.89 Å². The second kappa shape index (κ2) is 7.06. The predicted molar refractivity (Wildman–Crippen MR) is 100 cm³/mol. The molecule has 0 radical (unpaired) electrons. The number of carbonyl (C=O) groups is 1. The Kier molecular flexibility index (Phi) is 4.58. The molecular weight excluding hydrogens is 363 g/mol. The molecule has 1 aliphatic heterocycles. The minimum Gasteiger partial charge on any atom is -0.408 e. The molecule has 0 bridgehead atoms. The van der Waals surface area contributed by atoms with Crippen LogP contribution in [0.3, 0.4) is 0 Å². The van der Waals surface area contributed by atoms with Crippen molar-refractivity contribution in [3.8, 4) is 11.3 Å². The summed E-state index contributed by atoms with van der Waals surface area (Å²) in [7, 11) is 1.78. The summed E-state index contributed by atoms with van der Waals surface area (Å²) in [6.45, 7) is 5.78. The standard InChI is InChI=1S/C19H21FN6O2/c1-12-10-14(4-5-15(12)20)17-11-16(23-24(17)3)18(27)25-6-8-26(9-7-25)19-22-21-13(2)28-19/h4-5,10-11H,6-9H2,1-3H3. The highest BCUT2D eigenvalue weighted by atomic mass is 19.1. The van der Waals surface area contributed by atoms with Gasteiger partial charge in [-0.05, 0) is 36.8 Å². The van der Waals surface area contributed by atoms with Crippen LogP contribution in [0.4, 0.5) is 10.4 Å². The topological polar surface area (TPSA) is 80.3 Å². The molecule has 0 spiro atoms. The van der Waals surface area contributed by atoms with Gasteiger partial charge in [0.15, 0.2) is 5.69 Å². The van der Waals surface area contributed by atoms with Crippen LogP contribution in [0.2, 0.25) is 0 Å². The lowest BCUT2D eigenvalue weighted by molar-refractivity contribution is 0.0738. The van der Waals surface area contributed by atoms with Crippen LogP contribution >= 0.6 is 0 Å². The number of benzene rings is 1. The fourth-order valence-electron chi connectivity index (χ4n) is 3.32. The van der Waals surface area contributed by atoms with Crippen LogP contribution in [0.1, 0.15) is 21.9 Å². The number of rotatable bonds is 3. The summed E-state index contributed by atoms with van der Waals surface area (Å²) in [5.41, 5.74) is 2.52. The predicted octanol–water partition coefficient (Wildman–Crippen LogP) is 2.19. The lowest BCUT2D eigenvalue weighted by Crippen LogP contribution is -2.49. The maximum Gasteiger partial charge on any atom is 0.318 e. The maximum absolute atomic E-state index is 13.5. The SMILES string of the molecule is Cc1nnc(N2CCN(C(=O)c3cc(-c4ccc(F)c(C)c4)n(C)n3)CC2)o1. The third-order valence-electron chi connectivity index (χ3n) is 4.91. The Morgan fingerprint density at radius 1 is 1.11 bits per heavy atom. The van der Waals surface area contributed by atoms with Gasteiger partial charge in [-0.3, -0.25) is 9.48 Å². The number of aryl methyl sites for hydroxylation is 3. The van der Waals surface area contributed by atoms with E-state index in [1.165, 1.54) is 6.07 Å². The molecule has 146 valence electrons. The highest BCUT2D eigenvalue weighted by molar-refractivity contribution is 5.93. The molecule has 3 aromatic rings. The normalized spacial score (nSPS) is 14.6.